The highest BCUT2D eigenvalue weighted by atomic mass is 16.5. The Morgan fingerprint density at radius 3 is 2.57 bits per heavy atom. The molecule has 0 amide bonds. The summed E-state index contributed by atoms with van der Waals surface area (Å²) in [4.78, 5) is 7.01. The molecule has 1 N–H and O–H groups in total. The number of hydrogen-bond acceptors (Lipinski definition) is 4. The summed E-state index contributed by atoms with van der Waals surface area (Å²) in [6.45, 7) is 5.16. The number of aromatic nitrogens is 3. The zero-order valence-corrected chi connectivity index (χ0v) is 20.2. The Bertz CT molecular complexity index is 1270. The summed E-state index contributed by atoms with van der Waals surface area (Å²) >= 11 is 0. The molecule has 1 aliphatic heterocycles. The van der Waals surface area contributed by atoms with E-state index in [9.17, 15) is 5.11 Å². The summed E-state index contributed by atoms with van der Waals surface area (Å²) in [6, 6.07) is 17.0. The number of ether oxygens (including phenoxy) is 1. The van der Waals surface area contributed by atoms with Gasteiger partial charge < -0.3 is 19.0 Å². The molecule has 2 aromatic heterocycles. The summed E-state index contributed by atoms with van der Waals surface area (Å²) in [5, 5.41) is 11.2. The van der Waals surface area contributed by atoms with Crippen LogP contribution >= 0.6 is 0 Å². The molecule has 0 unspecified atom stereocenters. The van der Waals surface area contributed by atoms with Crippen LogP contribution in [0.3, 0.4) is 0 Å². The van der Waals surface area contributed by atoms with Crippen molar-refractivity contribution in [2.75, 3.05) is 13.1 Å². The average Bonchev–Trinajstić information content (AvgIpc) is 3.49. The second-order valence-corrected chi connectivity index (χ2v) is 10.2. The van der Waals surface area contributed by atoms with Crippen LogP contribution in [0.1, 0.15) is 42.6 Å². The number of nitrogens with zero attached hydrogens (tertiary/aromatic N) is 4. The van der Waals surface area contributed by atoms with Crippen molar-refractivity contribution in [3.8, 4) is 5.75 Å². The summed E-state index contributed by atoms with van der Waals surface area (Å²) in [7, 11) is 0. The van der Waals surface area contributed by atoms with Gasteiger partial charge in [0.25, 0.3) is 0 Å². The Balaban J connectivity index is 1.20. The van der Waals surface area contributed by atoms with Crippen LogP contribution in [0.15, 0.2) is 67.1 Å². The molecule has 4 aromatic rings. The molecule has 2 aromatic carbocycles. The molecule has 35 heavy (non-hydrogen) atoms. The molecule has 0 bridgehead atoms. The Labute approximate surface area is 206 Å². The number of hydrogen-bond donors (Lipinski definition) is 1. The van der Waals surface area contributed by atoms with Crippen LogP contribution in [0.4, 0.5) is 0 Å². The highest BCUT2D eigenvalue weighted by Crippen LogP contribution is 2.34. The predicted molar refractivity (Wildman–Crippen MR) is 137 cm³/mol. The lowest BCUT2D eigenvalue weighted by atomic mass is 10.1. The van der Waals surface area contributed by atoms with Gasteiger partial charge in [0.15, 0.2) is 0 Å². The molecular formula is C29H34N4O2. The van der Waals surface area contributed by atoms with Gasteiger partial charge in [0, 0.05) is 62.2 Å². The number of fused-ring (bicyclic) bond motifs is 1. The Morgan fingerprint density at radius 2 is 1.77 bits per heavy atom. The minimum Gasteiger partial charge on any atom is -0.486 e. The van der Waals surface area contributed by atoms with Gasteiger partial charge in [0.1, 0.15) is 18.2 Å². The molecule has 6 nitrogen and oxygen atoms in total. The van der Waals surface area contributed by atoms with Crippen molar-refractivity contribution in [1.82, 2.24) is 19.0 Å². The van der Waals surface area contributed by atoms with Gasteiger partial charge >= 0.3 is 0 Å². The van der Waals surface area contributed by atoms with E-state index in [1.54, 1.807) is 0 Å². The third kappa shape index (κ3) is 5.29. The smallest absolute Gasteiger partial charge is 0.147 e. The molecule has 1 saturated carbocycles. The van der Waals surface area contributed by atoms with Gasteiger partial charge in [-0.25, -0.2) is 4.98 Å². The lowest BCUT2D eigenvalue weighted by Crippen LogP contribution is -2.35. The predicted octanol–water partition coefficient (Wildman–Crippen LogP) is 4.83. The van der Waals surface area contributed by atoms with Crippen molar-refractivity contribution in [3.05, 3.63) is 84.1 Å². The molecule has 2 aliphatic rings. The maximum absolute atomic E-state index is 9.90. The highest BCUT2D eigenvalue weighted by molar-refractivity contribution is 5.85. The van der Waals surface area contributed by atoms with Crippen LogP contribution in [0.5, 0.6) is 5.75 Å². The van der Waals surface area contributed by atoms with Gasteiger partial charge in [-0.15, -0.1) is 0 Å². The van der Waals surface area contributed by atoms with Gasteiger partial charge in [-0.3, -0.25) is 4.90 Å². The Morgan fingerprint density at radius 1 is 0.943 bits per heavy atom. The molecular weight excluding hydrogens is 436 g/mol. The molecule has 0 atom stereocenters. The number of benzene rings is 2. The second-order valence-electron chi connectivity index (χ2n) is 10.2. The average molecular weight is 471 g/mol. The van der Waals surface area contributed by atoms with E-state index >= 15 is 0 Å². The minimum absolute atomic E-state index is 0.142. The quantitative estimate of drug-likeness (QED) is 0.381. The number of aliphatic hydroxyl groups is 1. The SMILES string of the molecule is OC1CCN(Cc2cn(CC3CC3)c3ccc(OCc4nccn4Cc4ccccc4)cc23)CC1. The van der Waals surface area contributed by atoms with E-state index < -0.39 is 0 Å². The first-order chi connectivity index (χ1) is 17.2. The zero-order chi connectivity index (χ0) is 23.6. The fourth-order valence-corrected chi connectivity index (χ4v) is 5.17. The van der Waals surface area contributed by atoms with Gasteiger partial charge in [0.2, 0.25) is 0 Å². The summed E-state index contributed by atoms with van der Waals surface area (Å²) in [6.07, 6.45) is 10.5. The van der Waals surface area contributed by atoms with E-state index in [4.69, 9.17) is 4.74 Å². The lowest BCUT2D eigenvalue weighted by Gasteiger charge is -2.29. The molecule has 6 heteroatoms. The highest BCUT2D eigenvalue weighted by Gasteiger charge is 2.24. The minimum atomic E-state index is -0.142. The Kier molecular flexibility index (Phi) is 6.32. The molecule has 1 saturated heterocycles. The van der Waals surface area contributed by atoms with Gasteiger partial charge in [-0.2, -0.15) is 0 Å². The van der Waals surface area contributed by atoms with Crippen molar-refractivity contribution in [2.45, 2.75) is 58.0 Å². The summed E-state index contributed by atoms with van der Waals surface area (Å²) in [5.41, 5.74) is 3.90. The van der Waals surface area contributed by atoms with E-state index in [1.165, 1.54) is 34.9 Å². The first-order valence-corrected chi connectivity index (χ1v) is 12.9. The van der Waals surface area contributed by atoms with Crippen LogP contribution in [0.25, 0.3) is 10.9 Å². The Hall–Kier alpha value is -3.09. The second kappa shape index (κ2) is 9.88. The van der Waals surface area contributed by atoms with E-state index in [1.807, 2.05) is 18.5 Å². The normalized spacial score (nSPS) is 17.3. The number of aliphatic hydroxyl groups excluding tert-OH is 1. The van der Waals surface area contributed by atoms with Crippen LogP contribution in [0, 0.1) is 5.92 Å². The van der Waals surface area contributed by atoms with Gasteiger partial charge in [0.05, 0.1) is 6.10 Å². The molecule has 1 aliphatic carbocycles. The topological polar surface area (TPSA) is 55.4 Å². The van der Waals surface area contributed by atoms with Crippen LogP contribution in [-0.2, 0) is 26.2 Å². The number of likely N-dealkylation sites (tertiary alicyclic amines) is 1. The first kappa shape index (κ1) is 22.4. The molecule has 6 rings (SSSR count). The number of piperidine rings is 1. The largest absolute Gasteiger partial charge is 0.486 e. The molecule has 0 spiro atoms. The third-order valence-corrected chi connectivity index (χ3v) is 7.40. The molecule has 0 radical (unpaired) electrons. The van der Waals surface area contributed by atoms with Crippen LogP contribution < -0.4 is 4.74 Å². The fraction of sp³-hybridized carbons (Fsp3) is 0.414. The van der Waals surface area contributed by atoms with E-state index in [-0.39, 0.29) is 6.10 Å². The standard InChI is InChI=1S/C29H34N4O2/c34-25-10-13-31(14-11-25)19-24-20-33(18-23-6-7-23)28-9-8-26(16-27(24)28)35-21-29-30-12-15-32(29)17-22-4-2-1-3-5-22/h1-5,8-9,12,15-16,20,23,25,34H,6-7,10-11,13-14,17-19,21H2. The van der Waals surface area contributed by atoms with Crippen LogP contribution in [-0.4, -0.2) is 43.3 Å². The van der Waals surface area contributed by atoms with Crippen molar-refractivity contribution < 1.29 is 9.84 Å². The maximum atomic E-state index is 9.90. The number of imidazole rings is 1. The fourth-order valence-electron chi connectivity index (χ4n) is 5.17. The summed E-state index contributed by atoms with van der Waals surface area (Å²) in [5.74, 6) is 2.63. The van der Waals surface area contributed by atoms with E-state index in [2.05, 4.69) is 67.7 Å². The maximum Gasteiger partial charge on any atom is 0.147 e. The van der Waals surface area contributed by atoms with Gasteiger partial charge in [-0.1, -0.05) is 30.3 Å². The van der Waals surface area contributed by atoms with Crippen molar-refractivity contribution in [1.29, 1.82) is 0 Å². The van der Waals surface area contributed by atoms with E-state index in [0.717, 1.165) is 63.1 Å². The number of rotatable bonds is 9. The van der Waals surface area contributed by atoms with Crippen LogP contribution in [0.2, 0.25) is 0 Å². The molecule has 3 heterocycles. The zero-order valence-electron chi connectivity index (χ0n) is 20.2. The van der Waals surface area contributed by atoms with Gasteiger partial charge in [-0.05, 0) is 60.9 Å². The van der Waals surface area contributed by atoms with Crippen molar-refractivity contribution in [3.63, 3.8) is 0 Å². The summed E-state index contributed by atoms with van der Waals surface area (Å²) < 4.78 is 10.9. The lowest BCUT2D eigenvalue weighted by molar-refractivity contribution is 0.0794. The molecule has 182 valence electrons. The van der Waals surface area contributed by atoms with Crippen molar-refractivity contribution in [2.24, 2.45) is 5.92 Å². The molecule has 2 fully saturated rings. The monoisotopic (exact) mass is 470 g/mol. The third-order valence-electron chi connectivity index (χ3n) is 7.40. The van der Waals surface area contributed by atoms with E-state index in [0.29, 0.717) is 6.61 Å². The van der Waals surface area contributed by atoms with Crippen molar-refractivity contribution >= 4 is 10.9 Å². The first-order valence-electron chi connectivity index (χ1n) is 12.9.